The van der Waals surface area contributed by atoms with Crippen LogP contribution in [0.25, 0.3) is 0 Å². The molecule has 0 radical (unpaired) electrons. The lowest BCUT2D eigenvalue weighted by Gasteiger charge is -2.34. The lowest BCUT2D eigenvalue weighted by molar-refractivity contribution is 0.0708. The summed E-state index contributed by atoms with van der Waals surface area (Å²) in [6, 6.07) is 4.23. The Balaban J connectivity index is 1.66. The largest absolute Gasteiger partial charge is 0.438 e. The first-order valence-corrected chi connectivity index (χ1v) is 8.43. The number of amides is 1. The topological polar surface area (TPSA) is 123 Å². The van der Waals surface area contributed by atoms with Crippen LogP contribution in [0.3, 0.4) is 0 Å². The molecule has 1 fully saturated rings. The number of anilines is 1. The molecule has 1 saturated heterocycles. The molecule has 0 saturated carbocycles. The first-order chi connectivity index (χ1) is 10.9. The van der Waals surface area contributed by atoms with E-state index in [1.807, 2.05) is 4.90 Å². The fraction of sp³-hybridized carbons (Fsp3) is 0.308. The highest BCUT2D eigenvalue weighted by atomic mass is 32.2. The van der Waals surface area contributed by atoms with Crippen LogP contribution in [0.1, 0.15) is 10.6 Å². The van der Waals surface area contributed by atoms with Gasteiger partial charge in [-0.05, 0) is 18.2 Å². The molecule has 0 spiro atoms. The minimum absolute atomic E-state index is 0.0431. The van der Waals surface area contributed by atoms with Crippen molar-refractivity contribution in [2.24, 2.45) is 5.14 Å². The predicted molar refractivity (Wildman–Crippen MR) is 80.2 cm³/mol. The van der Waals surface area contributed by atoms with Crippen molar-refractivity contribution < 1.29 is 17.6 Å². The van der Waals surface area contributed by atoms with Crippen LogP contribution in [0.4, 0.5) is 5.95 Å². The van der Waals surface area contributed by atoms with Gasteiger partial charge in [0, 0.05) is 38.6 Å². The van der Waals surface area contributed by atoms with Crippen molar-refractivity contribution in [2.75, 3.05) is 31.1 Å². The molecule has 1 aliphatic heterocycles. The van der Waals surface area contributed by atoms with Gasteiger partial charge >= 0.3 is 0 Å². The summed E-state index contributed by atoms with van der Waals surface area (Å²) in [5.74, 6) is 0.209. The molecule has 0 aliphatic carbocycles. The normalized spacial score (nSPS) is 15.7. The van der Waals surface area contributed by atoms with E-state index >= 15 is 0 Å². The zero-order chi connectivity index (χ0) is 16.4. The van der Waals surface area contributed by atoms with E-state index in [4.69, 9.17) is 9.56 Å². The number of hydrogen-bond acceptors (Lipinski definition) is 7. The molecule has 0 atom stereocenters. The maximum atomic E-state index is 12.3. The fourth-order valence-corrected chi connectivity index (χ4v) is 2.77. The average molecular weight is 337 g/mol. The molecule has 1 aliphatic rings. The van der Waals surface area contributed by atoms with E-state index in [9.17, 15) is 13.2 Å². The van der Waals surface area contributed by atoms with E-state index in [1.54, 1.807) is 23.4 Å². The number of nitrogens with two attached hydrogens (primary N) is 1. The molecule has 2 N–H and O–H groups in total. The van der Waals surface area contributed by atoms with Crippen LogP contribution in [-0.2, 0) is 10.0 Å². The van der Waals surface area contributed by atoms with Crippen molar-refractivity contribution >= 4 is 21.9 Å². The number of aromatic nitrogens is 2. The average Bonchev–Trinajstić information content (AvgIpc) is 3.05. The van der Waals surface area contributed by atoms with Gasteiger partial charge in [-0.1, -0.05) is 0 Å². The molecule has 0 unspecified atom stereocenters. The van der Waals surface area contributed by atoms with Gasteiger partial charge in [-0.15, -0.1) is 0 Å². The molecule has 2 aromatic heterocycles. The summed E-state index contributed by atoms with van der Waals surface area (Å²) in [5, 5.41) is 4.55. The zero-order valence-electron chi connectivity index (χ0n) is 12.1. The lowest BCUT2D eigenvalue weighted by atomic mass is 10.3. The molecular weight excluding hydrogens is 322 g/mol. The quantitative estimate of drug-likeness (QED) is 0.814. The lowest BCUT2D eigenvalue weighted by Crippen LogP contribution is -2.49. The van der Waals surface area contributed by atoms with Gasteiger partial charge in [0.05, 0.1) is 0 Å². The Morgan fingerprint density at radius 2 is 1.78 bits per heavy atom. The fourth-order valence-electron chi connectivity index (χ4n) is 2.31. The Labute approximate surface area is 132 Å². The van der Waals surface area contributed by atoms with Gasteiger partial charge in [-0.25, -0.2) is 23.5 Å². The maximum Gasteiger partial charge on any atom is 0.289 e. The monoisotopic (exact) mass is 337 g/mol. The molecule has 23 heavy (non-hydrogen) atoms. The van der Waals surface area contributed by atoms with Crippen LogP contribution in [0.2, 0.25) is 0 Å². The molecule has 3 heterocycles. The summed E-state index contributed by atoms with van der Waals surface area (Å²) in [5.41, 5.74) is 0. The van der Waals surface area contributed by atoms with E-state index in [2.05, 4.69) is 9.97 Å². The molecular formula is C13H15N5O4S. The number of hydrogen-bond donors (Lipinski definition) is 1. The van der Waals surface area contributed by atoms with E-state index in [0.717, 1.165) is 0 Å². The van der Waals surface area contributed by atoms with Crippen molar-refractivity contribution in [1.29, 1.82) is 0 Å². The van der Waals surface area contributed by atoms with Gasteiger partial charge in [0.2, 0.25) is 11.0 Å². The number of primary sulfonamides is 1. The highest BCUT2D eigenvalue weighted by Crippen LogP contribution is 2.16. The second-order valence-corrected chi connectivity index (χ2v) is 6.48. The highest BCUT2D eigenvalue weighted by molar-refractivity contribution is 7.89. The highest BCUT2D eigenvalue weighted by Gasteiger charge is 2.26. The van der Waals surface area contributed by atoms with Gasteiger partial charge in [-0.2, -0.15) is 0 Å². The molecule has 3 rings (SSSR count). The second kappa shape index (κ2) is 5.97. The Morgan fingerprint density at radius 1 is 1.13 bits per heavy atom. The number of piperazine rings is 1. The van der Waals surface area contributed by atoms with Gasteiger partial charge in [0.15, 0.2) is 5.76 Å². The molecule has 9 nitrogen and oxygen atoms in total. The van der Waals surface area contributed by atoms with Crippen LogP contribution in [0, 0.1) is 0 Å². The van der Waals surface area contributed by atoms with Crippen molar-refractivity contribution in [3.05, 3.63) is 36.4 Å². The van der Waals surface area contributed by atoms with E-state index in [-0.39, 0.29) is 11.7 Å². The molecule has 0 aromatic carbocycles. The van der Waals surface area contributed by atoms with Crippen LogP contribution < -0.4 is 10.0 Å². The van der Waals surface area contributed by atoms with Crippen molar-refractivity contribution in [2.45, 2.75) is 5.09 Å². The van der Waals surface area contributed by atoms with E-state index in [1.165, 1.54) is 12.1 Å². The Bertz CT molecular complexity index is 797. The number of carbonyl (C=O) groups is 1. The number of nitrogens with zero attached hydrogens (tertiary/aromatic N) is 4. The molecule has 0 bridgehead atoms. The van der Waals surface area contributed by atoms with Gasteiger partial charge in [0.1, 0.15) is 0 Å². The standard InChI is InChI=1S/C13H15N5O4S/c14-23(20,21)11-3-2-10(22-11)12(19)17-6-8-18(9-7-17)13-15-4-1-5-16-13/h1-5H,6-9H2,(H2,14,20,21). The summed E-state index contributed by atoms with van der Waals surface area (Å²) in [4.78, 5) is 24.2. The second-order valence-electron chi connectivity index (χ2n) is 4.99. The third-order valence-corrected chi connectivity index (χ3v) is 4.25. The first kappa shape index (κ1) is 15.4. The van der Waals surface area contributed by atoms with Crippen LogP contribution in [-0.4, -0.2) is 55.4 Å². The smallest absolute Gasteiger partial charge is 0.289 e. The summed E-state index contributed by atoms with van der Waals surface area (Å²) >= 11 is 0. The third-order valence-electron chi connectivity index (χ3n) is 3.47. The van der Waals surface area contributed by atoms with E-state index < -0.39 is 15.1 Å². The minimum atomic E-state index is -3.95. The number of furan rings is 1. The van der Waals surface area contributed by atoms with Crippen molar-refractivity contribution in [3.63, 3.8) is 0 Å². The maximum absolute atomic E-state index is 12.3. The molecule has 10 heteroatoms. The summed E-state index contributed by atoms with van der Waals surface area (Å²) < 4.78 is 27.4. The minimum Gasteiger partial charge on any atom is -0.438 e. The number of sulfonamides is 1. The van der Waals surface area contributed by atoms with E-state index in [0.29, 0.717) is 32.1 Å². The Hall–Kier alpha value is -2.46. The SMILES string of the molecule is NS(=O)(=O)c1ccc(C(=O)N2CCN(c3ncccn3)CC2)o1. The number of carbonyl (C=O) groups excluding carboxylic acids is 1. The molecule has 122 valence electrons. The van der Waals surface area contributed by atoms with Gasteiger partial charge < -0.3 is 14.2 Å². The van der Waals surface area contributed by atoms with Gasteiger partial charge in [-0.3, -0.25) is 4.79 Å². The van der Waals surface area contributed by atoms with Crippen LogP contribution >= 0.6 is 0 Å². The van der Waals surface area contributed by atoms with Gasteiger partial charge in [0.25, 0.3) is 15.9 Å². The van der Waals surface area contributed by atoms with Crippen molar-refractivity contribution in [1.82, 2.24) is 14.9 Å². The molecule has 1 amide bonds. The molecule has 2 aromatic rings. The summed E-state index contributed by atoms with van der Waals surface area (Å²) in [6.45, 7) is 2.09. The first-order valence-electron chi connectivity index (χ1n) is 6.89. The zero-order valence-corrected chi connectivity index (χ0v) is 12.9. The number of rotatable bonds is 3. The van der Waals surface area contributed by atoms with Crippen LogP contribution in [0.5, 0.6) is 0 Å². The Morgan fingerprint density at radius 3 is 2.35 bits per heavy atom. The van der Waals surface area contributed by atoms with Crippen LogP contribution in [0.15, 0.2) is 40.1 Å². The Kier molecular flexibility index (Phi) is 4.01. The predicted octanol–water partition coefficient (Wildman–Crippen LogP) is -0.321. The summed E-state index contributed by atoms with van der Waals surface area (Å²) in [7, 11) is -3.95. The third kappa shape index (κ3) is 3.32. The summed E-state index contributed by atoms with van der Waals surface area (Å²) in [6.07, 6.45) is 3.33. The van der Waals surface area contributed by atoms with Crippen molar-refractivity contribution in [3.8, 4) is 0 Å².